The van der Waals surface area contributed by atoms with Gasteiger partial charge in [0.1, 0.15) is 5.69 Å². The van der Waals surface area contributed by atoms with E-state index in [9.17, 15) is 9.18 Å². The summed E-state index contributed by atoms with van der Waals surface area (Å²) in [5.41, 5.74) is 2.63. The maximum atomic E-state index is 14.3. The summed E-state index contributed by atoms with van der Waals surface area (Å²) in [6, 6.07) is 4.79. The summed E-state index contributed by atoms with van der Waals surface area (Å²) in [7, 11) is 1.44. The molecule has 146 valence electrons. The van der Waals surface area contributed by atoms with Gasteiger partial charge in [0.05, 0.1) is 12.8 Å². The number of hydrogen-bond acceptors (Lipinski definition) is 5. The number of halogens is 1. The van der Waals surface area contributed by atoms with Crippen molar-refractivity contribution in [2.24, 2.45) is 5.92 Å². The van der Waals surface area contributed by atoms with Crippen LogP contribution in [0, 0.1) is 18.7 Å². The van der Waals surface area contributed by atoms with Crippen LogP contribution in [0.15, 0.2) is 23.0 Å². The number of ether oxygens (including phenoxy) is 1. The van der Waals surface area contributed by atoms with Gasteiger partial charge in [0.2, 0.25) is 0 Å². The van der Waals surface area contributed by atoms with Gasteiger partial charge in [-0.25, -0.2) is 9.07 Å². The topological polar surface area (TPSA) is 59.4 Å². The maximum absolute atomic E-state index is 14.3. The van der Waals surface area contributed by atoms with Crippen LogP contribution >= 0.6 is 0 Å². The molecule has 1 aromatic heterocycles. The largest absolute Gasteiger partial charge is 0.494 e. The Morgan fingerprint density at radius 1 is 1.30 bits per heavy atom. The minimum absolute atomic E-state index is 0.0826. The molecule has 1 aliphatic heterocycles. The van der Waals surface area contributed by atoms with Crippen LogP contribution in [-0.4, -0.2) is 43.1 Å². The number of hydrogen-bond donors (Lipinski definition) is 1. The van der Waals surface area contributed by atoms with E-state index < -0.39 is 5.82 Å². The van der Waals surface area contributed by atoms with Crippen molar-refractivity contribution in [1.29, 1.82) is 0 Å². The van der Waals surface area contributed by atoms with Gasteiger partial charge in [-0.1, -0.05) is 13.8 Å². The molecule has 1 aliphatic rings. The highest BCUT2D eigenvalue weighted by atomic mass is 19.1. The van der Waals surface area contributed by atoms with E-state index in [0.29, 0.717) is 23.5 Å². The molecule has 3 rings (SSSR count). The molecule has 1 fully saturated rings. The van der Waals surface area contributed by atoms with E-state index >= 15 is 0 Å². The van der Waals surface area contributed by atoms with Crippen LogP contribution in [-0.2, 0) is 6.54 Å². The Morgan fingerprint density at radius 3 is 2.59 bits per heavy atom. The predicted octanol–water partition coefficient (Wildman–Crippen LogP) is 2.43. The van der Waals surface area contributed by atoms with E-state index in [2.05, 4.69) is 15.3 Å². The second-order valence-electron chi connectivity index (χ2n) is 7.29. The van der Waals surface area contributed by atoms with Gasteiger partial charge in [0, 0.05) is 43.9 Å². The lowest BCUT2D eigenvalue weighted by Gasteiger charge is -2.31. The van der Waals surface area contributed by atoms with Gasteiger partial charge in [-0.05, 0) is 31.0 Å². The minimum atomic E-state index is -0.443. The molecule has 0 spiro atoms. The number of anilines is 1. The van der Waals surface area contributed by atoms with E-state index in [1.54, 1.807) is 12.1 Å². The van der Waals surface area contributed by atoms with Crippen molar-refractivity contribution >= 4 is 5.69 Å². The standard InChI is InChI=1S/C20H27FN4O2/c1-13(2)12-25-20(26)19(24-9-7-22-8-10-24)14(3)18(23-25)15-5-6-17(27-4)16(21)11-15/h5-6,11,13,22H,7-10,12H2,1-4H3. The molecule has 2 aromatic rings. The Labute approximate surface area is 159 Å². The van der Waals surface area contributed by atoms with Gasteiger partial charge in [-0.3, -0.25) is 4.79 Å². The predicted molar refractivity (Wildman–Crippen MR) is 105 cm³/mol. The average molecular weight is 374 g/mol. The number of nitrogens with zero attached hydrogens (tertiary/aromatic N) is 3. The summed E-state index contributed by atoms with van der Waals surface area (Å²) >= 11 is 0. The van der Waals surface area contributed by atoms with Crippen LogP contribution in [0.2, 0.25) is 0 Å². The van der Waals surface area contributed by atoms with Crippen molar-refractivity contribution in [3.8, 4) is 17.0 Å². The van der Waals surface area contributed by atoms with E-state index in [1.165, 1.54) is 17.9 Å². The van der Waals surface area contributed by atoms with E-state index in [0.717, 1.165) is 31.7 Å². The Hall–Kier alpha value is -2.41. The quantitative estimate of drug-likeness (QED) is 0.871. The molecule has 0 amide bonds. The van der Waals surface area contributed by atoms with E-state index in [4.69, 9.17) is 4.74 Å². The molecule has 0 unspecified atom stereocenters. The first-order valence-corrected chi connectivity index (χ1v) is 9.33. The van der Waals surface area contributed by atoms with Gasteiger partial charge in [-0.15, -0.1) is 0 Å². The smallest absolute Gasteiger partial charge is 0.290 e. The number of methoxy groups -OCH3 is 1. The number of rotatable bonds is 5. The van der Waals surface area contributed by atoms with Gasteiger partial charge in [0.15, 0.2) is 11.6 Å². The normalized spacial score (nSPS) is 14.7. The second-order valence-corrected chi connectivity index (χ2v) is 7.29. The van der Waals surface area contributed by atoms with E-state index in [-0.39, 0.29) is 17.2 Å². The van der Waals surface area contributed by atoms with Crippen molar-refractivity contribution in [2.75, 3.05) is 38.2 Å². The third-order valence-corrected chi connectivity index (χ3v) is 4.76. The molecule has 0 radical (unpaired) electrons. The summed E-state index contributed by atoms with van der Waals surface area (Å²) in [6.07, 6.45) is 0. The minimum Gasteiger partial charge on any atom is -0.494 e. The molecule has 0 atom stereocenters. The summed E-state index contributed by atoms with van der Waals surface area (Å²) in [4.78, 5) is 15.2. The molecule has 1 saturated heterocycles. The molecule has 7 heteroatoms. The lowest BCUT2D eigenvalue weighted by molar-refractivity contribution is 0.386. The summed E-state index contributed by atoms with van der Waals surface area (Å²) in [6.45, 7) is 9.69. The van der Waals surface area contributed by atoms with Crippen LogP contribution < -0.4 is 20.5 Å². The third kappa shape index (κ3) is 3.98. The number of aromatic nitrogens is 2. The Kier molecular flexibility index (Phi) is 5.79. The molecule has 6 nitrogen and oxygen atoms in total. The molecule has 0 saturated carbocycles. The molecular formula is C20H27FN4O2. The van der Waals surface area contributed by atoms with Gasteiger partial charge >= 0.3 is 0 Å². The van der Waals surface area contributed by atoms with Crippen molar-refractivity contribution in [2.45, 2.75) is 27.3 Å². The van der Waals surface area contributed by atoms with Crippen molar-refractivity contribution < 1.29 is 9.13 Å². The van der Waals surface area contributed by atoms with Crippen LogP contribution in [0.25, 0.3) is 11.3 Å². The maximum Gasteiger partial charge on any atom is 0.290 e. The zero-order valence-electron chi connectivity index (χ0n) is 16.4. The van der Waals surface area contributed by atoms with E-state index in [1.807, 2.05) is 20.8 Å². The first-order chi connectivity index (χ1) is 12.9. The summed E-state index contributed by atoms with van der Waals surface area (Å²) in [5, 5.41) is 7.90. The van der Waals surface area contributed by atoms with Crippen LogP contribution in [0.5, 0.6) is 5.75 Å². The van der Waals surface area contributed by atoms with Gasteiger partial charge in [0.25, 0.3) is 5.56 Å². The van der Waals surface area contributed by atoms with Gasteiger partial charge < -0.3 is 15.0 Å². The average Bonchev–Trinajstić information content (AvgIpc) is 2.64. The molecule has 0 bridgehead atoms. The molecule has 1 N–H and O–H groups in total. The SMILES string of the molecule is COc1ccc(-c2nn(CC(C)C)c(=O)c(N3CCNCC3)c2C)cc1F. The fraction of sp³-hybridized carbons (Fsp3) is 0.500. The lowest BCUT2D eigenvalue weighted by Crippen LogP contribution is -2.47. The number of piperazine rings is 1. The Bertz CT molecular complexity index is 873. The van der Waals surface area contributed by atoms with Crippen LogP contribution in [0.1, 0.15) is 19.4 Å². The third-order valence-electron chi connectivity index (χ3n) is 4.76. The highest BCUT2D eigenvalue weighted by Gasteiger charge is 2.22. The lowest BCUT2D eigenvalue weighted by atomic mass is 10.0. The zero-order chi connectivity index (χ0) is 19.6. The number of nitrogens with one attached hydrogen (secondary N) is 1. The Balaban J connectivity index is 2.17. The fourth-order valence-electron chi connectivity index (χ4n) is 3.45. The monoisotopic (exact) mass is 374 g/mol. The highest BCUT2D eigenvalue weighted by Crippen LogP contribution is 2.29. The van der Waals surface area contributed by atoms with Crippen molar-refractivity contribution in [3.63, 3.8) is 0 Å². The van der Waals surface area contributed by atoms with Crippen molar-refractivity contribution in [1.82, 2.24) is 15.1 Å². The molecule has 0 aliphatic carbocycles. The second kappa shape index (κ2) is 8.08. The fourth-order valence-corrected chi connectivity index (χ4v) is 3.45. The molecule has 1 aromatic carbocycles. The van der Waals surface area contributed by atoms with Crippen molar-refractivity contribution in [3.05, 3.63) is 39.9 Å². The molecular weight excluding hydrogens is 347 g/mol. The zero-order valence-corrected chi connectivity index (χ0v) is 16.4. The summed E-state index contributed by atoms with van der Waals surface area (Å²) in [5.74, 6) is 0.0185. The van der Waals surface area contributed by atoms with Crippen LogP contribution in [0.4, 0.5) is 10.1 Å². The molecule has 2 heterocycles. The van der Waals surface area contributed by atoms with Gasteiger partial charge in [-0.2, -0.15) is 5.10 Å². The summed E-state index contributed by atoms with van der Waals surface area (Å²) < 4.78 is 20.8. The van der Waals surface area contributed by atoms with Crippen LogP contribution in [0.3, 0.4) is 0 Å². The Morgan fingerprint density at radius 2 is 2.00 bits per heavy atom. The first-order valence-electron chi connectivity index (χ1n) is 9.33. The number of benzene rings is 1. The first kappa shape index (κ1) is 19.4. The molecule has 27 heavy (non-hydrogen) atoms. The highest BCUT2D eigenvalue weighted by molar-refractivity contribution is 5.70.